The van der Waals surface area contributed by atoms with Gasteiger partial charge in [-0.05, 0) is 38.2 Å². The van der Waals surface area contributed by atoms with Crippen molar-refractivity contribution in [3.8, 4) is 0 Å². The van der Waals surface area contributed by atoms with E-state index < -0.39 is 53.8 Å². The number of carbonyl (C=O) groups excluding carboxylic acids is 4. The summed E-state index contributed by atoms with van der Waals surface area (Å²) < 4.78 is 0. The topological polar surface area (TPSA) is 185 Å². The van der Waals surface area contributed by atoms with Crippen molar-refractivity contribution in [2.24, 2.45) is 11.5 Å². The number of nitrogens with two attached hydrogens (primary N) is 2. The number of carboxylic acids is 1. The Morgan fingerprint density at radius 3 is 2.41 bits per heavy atom. The van der Waals surface area contributed by atoms with Crippen molar-refractivity contribution in [1.29, 1.82) is 0 Å². The van der Waals surface area contributed by atoms with Crippen LogP contribution in [0.4, 0.5) is 0 Å². The fraction of sp³-hybridized carbons (Fsp3) is 0.706. The molecule has 0 bridgehead atoms. The number of thioether (sulfide) groups is 1. The van der Waals surface area contributed by atoms with Crippen LogP contribution in [-0.2, 0) is 24.0 Å². The first-order chi connectivity index (χ1) is 13.6. The maximum absolute atomic E-state index is 12.6. The molecular weight excluding hydrogens is 402 g/mol. The van der Waals surface area contributed by atoms with Crippen LogP contribution >= 0.6 is 11.8 Å². The molecule has 1 rings (SSSR count). The van der Waals surface area contributed by atoms with Gasteiger partial charge in [0.15, 0.2) is 0 Å². The Labute approximate surface area is 173 Å². The van der Waals surface area contributed by atoms with Gasteiger partial charge in [0.05, 0.1) is 12.5 Å². The Kier molecular flexibility index (Phi) is 9.89. The van der Waals surface area contributed by atoms with Crippen LogP contribution in [-0.4, -0.2) is 82.3 Å². The zero-order valence-corrected chi connectivity index (χ0v) is 17.4. The number of amides is 4. The molecule has 11 nitrogen and oxygen atoms in total. The van der Waals surface area contributed by atoms with Gasteiger partial charge in [-0.25, -0.2) is 4.79 Å². The second kappa shape index (κ2) is 11.6. The summed E-state index contributed by atoms with van der Waals surface area (Å²) in [6, 6.07) is -4.01. The largest absolute Gasteiger partial charge is 0.480 e. The zero-order valence-electron chi connectivity index (χ0n) is 16.6. The fourth-order valence-electron chi connectivity index (χ4n) is 3.00. The van der Waals surface area contributed by atoms with E-state index in [-0.39, 0.29) is 12.8 Å². The number of aliphatic carboxylic acids is 1. The van der Waals surface area contributed by atoms with Crippen molar-refractivity contribution in [2.45, 2.75) is 56.8 Å². The number of likely N-dealkylation sites (tertiary alicyclic amines) is 1. The first-order valence-corrected chi connectivity index (χ1v) is 10.6. The average molecular weight is 432 g/mol. The van der Waals surface area contributed by atoms with Crippen LogP contribution in [0.25, 0.3) is 0 Å². The van der Waals surface area contributed by atoms with E-state index >= 15 is 0 Å². The number of hydrogen-bond acceptors (Lipinski definition) is 7. The lowest BCUT2D eigenvalue weighted by Gasteiger charge is -2.27. The van der Waals surface area contributed by atoms with E-state index in [9.17, 15) is 29.1 Å². The molecule has 1 fully saturated rings. The minimum atomic E-state index is -1.18. The van der Waals surface area contributed by atoms with Gasteiger partial charge in [-0.1, -0.05) is 0 Å². The molecule has 7 N–H and O–H groups in total. The Hall–Kier alpha value is -2.34. The van der Waals surface area contributed by atoms with Crippen LogP contribution in [0.1, 0.15) is 32.6 Å². The van der Waals surface area contributed by atoms with Gasteiger partial charge < -0.3 is 32.1 Å². The van der Waals surface area contributed by atoms with E-state index in [2.05, 4.69) is 10.6 Å². The average Bonchev–Trinajstić information content (AvgIpc) is 3.13. The summed E-state index contributed by atoms with van der Waals surface area (Å²) in [4.78, 5) is 60.8. The molecule has 0 saturated carbocycles. The van der Waals surface area contributed by atoms with Gasteiger partial charge in [-0.15, -0.1) is 0 Å². The monoisotopic (exact) mass is 431 g/mol. The number of hydrogen-bond donors (Lipinski definition) is 5. The van der Waals surface area contributed by atoms with Crippen LogP contribution in [0.2, 0.25) is 0 Å². The van der Waals surface area contributed by atoms with E-state index in [4.69, 9.17) is 11.5 Å². The summed E-state index contributed by atoms with van der Waals surface area (Å²) in [5.74, 6) is -3.05. The Balaban J connectivity index is 2.75. The van der Waals surface area contributed by atoms with Gasteiger partial charge in [-0.3, -0.25) is 19.2 Å². The highest BCUT2D eigenvalue weighted by atomic mass is 32.2. The lowest BCUT2D eigenvalue weighted by atomic mass is 10.1. The normalized spacial score (nSPS) is 19.1. The number of carboxylic acid groups (broad SMARTS) is 1. The van der Waals surface area contributed by atoms with E-state index in [0.29, 0.717) is 25.1 Å². The predicted molar refractivity (Wildman–Crippen MR) is 107 cm³/mol. The van der Waals surface area contributed by atoms with Crippen molar-refractivity contribution in [1.82, 2.24) is 15.5 Å². The third kappa shape index (κ3) is 7.54. The first-order valence-electron chi connectivity index (χ1n) is 9.25. The van der Waals surface area contributed by atoms with Crippen LogP contribution in [0, 0.1) is 0 Å². The first kappa shape index (κ1) is 24.7. The van der Waals surface area contributed by atoms with Gasteiger partial charge in [0.2, 0.25) is 23.6 Å². The molecule has 0 aromatic rings. The fourth-order valence-corrected chi connectivity index (χ4v) is 3.48. The number of nitrogens with zero attached hydrogens (tertiary/aromatic N) is 1. The van der Waals surface area contributed by atoms with Crippen LogP contribution in [0.5, 0.6) is 0 Å². The number of rotatable bonds is 11. The maximum atomic E-state index is 12.6. The predicted octanol–water partition coefficient (Wildman–Crippen LogP) is -1.99. The minimum Gasteiger partial charge on any atom is -0.480 e. The quantitative estimate of drug-likeness (QED) is 0.249. The molecule has 164 valence electrons. The third-order valence-corrected chi connectivity index (χ3v) is 5.20. The number of primary amides is 1. The molecule has 0 aromatic carbocycles. The van der Waals surface area contributed by atoms with Crippen LogP contribution in [0.3, 0.4) is 0 Å². The molecular formula is C17H29N5O6S. The minimum absolute atomic E-state index is 0.282. The summed E-state index contributed by atoms with van der Waals surface area (Å²) in [6.45, 7) is 1.77. The maximum Gasteiger partial charge on any atom is 0.326 e. The highest BCUT2D eigenvalue weighted by molar-refractivity contribution is 7.98. The molecule has 1 saturated heterocycles. The number of nitrogens with one attached hydrogen (secondary N) is 2. The van der Waals surface area contributed by atoms with Gasteiger partial charge >= 0.3 is 5.97 Å². The summed E-state index contributed by atoms with van der Waals surface area (Å²) in [5, 5.41) is 14.2. The summed E-state index contributed by atoms with van der Waals surface area (Å²) in [6.07, 6.45) is 2.70. The van der Waals surface area contributed by atoms with Gasteiger partial charge in [0, 0.05) is 6.54 Å². The van der Waals surface area contributed by atoms with E-state index in [1.165, 1.54) is 23.6 Å². The summed E-state index contributed by atoms with van der Waals surface area (Å²) >= 11 is 1.47. The van der Waals surface area contributed by atoms with Crippen LogP contribution in [0.15, 0.2) is 0 Å². The third-order valence-electron chi connectivity index (χ3n) is 4.55. The SMILES string of the molecule is CSCCC(NC(=O)C(N)CC(N)=O)C(=O)NC(C)C(=O)N1CCCC1C(=O)O. The van der Waals surface area contributed by atoms with Gasteiger partial charge in [0.1, 0.15) is 18.1 Å². The van der Waals surface area contributed by atoms with Crippen LogP contribution < -0.4 is 22.1 Å². The molecule has 0 spiro atoms. The Morgan fingerprint density at radius 2 is 1.86 bits per heavy atom. The Morgan fingerprint density at radius 1 is 1.21 bits per heavy atom. The van der Waals surface area contributed by atoms with Crippen molar-refractivity contribution in [3.05, 3.63) is 0 Å². The number of carbonyl (C=O) groups is 5. The summed E-state index contributed by atoms with van der Waals surface area (Å²) in [5.41, 5.74) is 10.6. The molecule has 4 amide bonds. The lowest BCUT2D eigenvalue weighted by molar-refractivity contribution is -0.149. The molecule has 29 heavy (non-hydrogen) atoms. The highest BCUT2D eigenvalue weighted by Crippen LogP contribution is 2.18. The lowest BCUT2D eigenvalue weighted by Crippen LogP contribution is -2.56. The van der Waals surface area contributed by atoms with E-state index in [1.807, 2.05) is 6.26 Å². The second-order valence-corrected chi connectivity index (χ2v) is 7.86. The Bertz CT molecular complexity index is 646. The molecule has 1 aliphatic heterocycles. The molecule has 0 aliphatic carbocycles. The smallest absolute Gasteiger partial charge is 0.326 e. The van der Waals surface area contributed by atoms with Gasteiger partial charge in [0.25, 0.3) is 0 Å². The molecule has 12 heteroatoms. The van der Waals surface area contributed by atoms with Crippen molar-refractivity contribution in [2.75, 3.05) is 18.6 Å². The van der Waals surface area contributed by atoms with E-state index in [1.54, 1.807) is 0 Å². The molecule has 1 aliphatic rings. The van der Waals surface area contributed by atoms with E-state index in [0.717, 1.165) is 0 Å². The second-order valence-electron chi connectivity index (χ2n) is 6.88. The summed E-state index contributed by atoms with van der Waals surface area (Å²) in [7, 11) is 0. The molecule has 4 atom stereocenters. The van der Waals surface area contributed by atoms with Gasteiger partial charge in [-0.2, -0.15) is 11.8 Å². The molecule has 1 heterocycles. The standard InChI is InChI=1S/C17H29N5O6S/c1-9(16(26)22-6-3-4-12(22)17(27)28)20-15(25)11(5-7-29-2)21-14(24)10(18)8-13(19)23/h9-12H,3-8,18H2,1-2H3,(H2,19,23)(H,20,25)(H,21,24)(H,27,28). The van der Waals surface area contributed by atoms with Crippen molar-refractivity contribution >= 4 is 41.4 Å². The molecule has 0 radical (unpaired) electrons. The van der Waals surface area contributed by atoms with Crippen molar-refractivity contribution in [3.63, 3.8) is 0 Å². The van der Waals surface area contributed by atoms with Crippen molar-refractivity contribution < 1.29 is 29.1 Å². The highest BCUT2D eigenvalue weighted by Gasteiger charge is 2.36. The molecule has 4 unspecified atom stereocenters. The molecule has 0 aromatic heterocycles. The zero-order chi connectivity index (χ0) is 22.1.